The summed E-state index contributed by atoms with van der Waals surface area (Å²) in [4.78, 5) is 15.4. The minimum atomic E-state index is -2.85. The van der Waals surface area contributed by atoms with E-state index < -0.39 is 15.8 Å². The fourth-order valence-electron chi connectivity index (χ4n) is 1.95. The Kier molecular flexibility index (Phi) is 3.48. The molecular weight excluding hydrogens is 262 g/mol. The predicted octanol–water partition coefficient (Wildman–Crippen LogP) is 0.747. The van der Waals surface area contributed by atoms with E-state index in [-0.39, 0.29) is 23.8 Å². The van der Waals surface area contributed by atoms with Crippen LogP contribution in [0.1, 0.15) is 16.3 Å². The van der Waals surface area contributed by atoms with Gasteiger partial charge in [-0.25, -0.2) is 13.4 Å². The van der Waals surface area contributed by atoms with E-state index in [0.717, 1.165) is 5.01 Å². The Hall–Kier alpha value is -0.950. The van der Waals surface area contributed by atoms with E-state index in [9.17, 15) is 13.2 Å². The van der Waals surface area contributed by atoms with E-state index in [4.69, 9.17) is 5.11 Å². The van der Waals surface area contributed by atoms with Gasteiger partial charge in [-0.1, -0.05) is 0 Å². The van der Waals surface area contributed by atoms with Crippen molar-refractivity contribution in [3.8, 4) is 0 Å². The molecule has 0 saturated carbocycles. The number of carboxylic acid groups (broad SMARTS) is 1. The zero-order valence-corrected chi connectivity index (χ0v) is 10.8. The van der Waals surface area contributed by atoms with Crippen molar-refractivity contribution in [1.82, 2.24) is 4.98 Å². The number of hydrogen-bond donors (Lipinski definition) is 1. The fraction of sp³-hybridized carbons (Fsp3) is 0.600. The summed E-state index contributed by atoms with van der Waals surface area (Å²) < 4.78 is 22.6. The quantitative estimate of drug-likeness (QED) is 0.876. The van der Waals surface area contributed by atoms with Crippen LogP contribution in [0.2, 0.25) is 0 Å². The Morgan fingerprint density at radius 2 is 2.35 bits per heavy atom. The minimum absolute atomic E-state index is 0.0133. The monoisotopic (exact) mass is 275 g/mol. The number of hydrogen-bond acceptors (Lipinski definition) is 5. The Labute approximate surface area is 103 Å². The lowest BCUT2D eigenvalue weighted by molar-refractivity contribution is -0.136. The summed E-state index contributed by atoms with van der Waals surface area (Å²) in [7, 11) is -2.85. The maximum absolute atomic E-state index is 11.3. The second-order valence-electron chi connectivity index (χ2n) is 4.26. The van der Waals surface area contributed by atoms with Crippen molar-refractivity contribution in [2.75, 3.05) is 11.5 Å². The van der Waals surface area contributed by atoms with Gasteiger partial charge in [0.1, 0.15) is 0 Å². The van der Waals surface area contributed by atoms with Gasteiger partial charge in [-0.2, -0.15) is 0 Å². The minimum Gasteiger partial charge on any atom is -0.481 e. The molecule has 2 heterocycles. The zero-order chi connectivity index (χ0) is 12.5. The first kappa shape index (κ1) is 12.5. The Morgan fingerprint density at radius 3 is 2.94 bits per heavy atom. The summed E-state index contributed by atoms with van der Waals surface area (Å²) in [6.07, 6.45) is 2.89. The van der Waals surface area contributed by atoms with Gasteiger partial charge in [0.15, 0.2) is 9.84 Å². The van der Waals surface area contributed by atoms with Crippen molar-refractivity contribution in [2.24, 2.45) is 5.92 Å². The molecule has 2 rings (SSSR count). The smallest absolute Gasteiger partial charge is 0.308 e. The van der Waals surface area contributed by atoms with Crippen LogP contribution >= 0.6 is 11.3 Å². The van der Waals surface area contributed by atoms with Gasteiger partial charge in [0.25, 0.3) is 0 Å². The van der Waals surface area contributed by atoms with E-state index in [1.165, 1.54) is 11.3 Å². The second kappa shape index (κ2) is 4.73. The van der Waals surface area contributed by atoms with Crippen LogP contribution in [0.3, 0.4) is 0 Å². The molecular formula is C10H13NO4S2. The molecule has 1 aliphatic heterocycles. The molecule has 94 valence electrons. The van der Waals surface area contributed by atoms with Crippen LogP contribution < -0.4 is 0 Å². The van der Waals surface area contributed by atoms with E-state index in [1.54, 1.807) is 6.20 Å². The lowest BCUT2D eigenvalue weighted by atomic mass is 10.1. The molecule has 0 bridgehead atoms. The highest BCUT2D eigenvalue weighted by atomic mass is 32.2. The maximum atomic E-state index is 11.3. The average Bonchev–Trinajstić information content (AvgIpc) is 2.73. The van der Waals surface area contributed by atoms with Crippen molar-refractivity contribution in [2.45, 2.75) is 19.3 Å². The highest BCUT2D eigenvalue weighted by Crippen LogP contribution is 2.24. The van der Waals surface area contributed by atoms with Gasteiger partial charge in [-0.15, -0.1) is 11.3 Å². The zero-order valence-electron chi connectivity index (χ0n) is 9.13. The van der Waals surface area contributed by atoms with Crippen LogP contribution in [0.25, 0.3) is 0 Å². The van der Waals surface area contributed by atoms with Gasteiger partial charge in [-0.3, -0.25) is 4.79 Å². The highest BCUT2D eigenvalue weighted by molar-refractivity contribution is 7.91. The van der Waals surface area contributed by atoms with E-state index in [2.05, 4.69) is 4.98 Å². The normalized spacial score (nSPS) is 22.7. The Balaban J connectivity index is 1.96. The number of carbonyl (C=O) groups is 1. The summed E-state index contributed by atoms with van der Waals surface area (Å²) in [6, 6.07) is 0. The molecule has 0 amide bonds. The maximum Gasteiger partial charge on any atom is 0.308 e. The number of aliphatic carboxylic acids is 1. The molecule has 1 aromatic rings. The van der Waals surface area contributed by atoms with Gasteiger partial charge in [-0.05, 0) is 12.3 Å². The number of thiazole rings is 1. The lowest BCUT2D eigenvalue weighted by Gasteiger charge is -2.02. The molecule has 0 aliphatic carbocycles. The summed E-state index contributed by atoms with van der Waals surface area (Å²) in [5, 5.41) is 9.47. The third-order valence-electron chi connectivity index (χ3n) is 2.72. The first-order chi connectivity index (χ1) is 7.94. The molecule has 0 radical (unpaired) electrons. The summed E-state index contributed by atoms with van der Waals surface area (Å²) >= 11 is 1.36. The summed E-state index contributed by atoms with van der Waals surface area (Å²) in [6.45, 7) is 0. The van der Waals surface area contributed by atoms with E-state index >= 15 is 0 Å². The number of nitrogens with zero attached hydrogens (tertiary/aromatic N) is 1. The van der Waals surface area contributed by atoms with Gasteiger partial charge in [0.05, 0.1) is 22.9 Å². The van der Waals surface area contributed by atoms with Gasteiger partial charge >= 0.3 is 5.97 Å². The standard InChI is InChI=1S/C10H13NO4S2/c12-10(13)4-8-5-11-9(16-8)3-7-1-2-17(14,15)6-7/h5,7H,1-4,6H2,(H,12,13). The summed E-state index contributed by atoms with van der Waals surface area (Å²) in [5.74, 6) is -0.223. The van der Waals surface area contributed by atoms with Crippen molar-refractivity contribution >= 4 is 27.1 Å². The average molecular weight is 275 g/mol. The molecule has 5 nitrogen and oxygen atoms in total. The van der Waals surface area contributed by atoms with Crippen molar-refractivity contribution in [3.63, 3.8) is 0 Å². The van der Waals surface area contributed by atoms with E-state index in [0.29, 0.717) is 17.7 Å². The molecule has 7 heteroatoms. The van der Waals surface area contributed by atoms with E-state index in [1.807, 2.05) is 0 Å². The summed E-state index contributed by atoms with van der Waals surface area (Å²) in [5.41, 5.74) is 0. The van der Waals surface area contributed by atoms with Crippen LogP contribution in [0, 0.1) is 5.92 Å². The van der Waals surface area contributed by atoms with Crippen LogP contribution in [0.15, 0.2) is 6.20 Å². The van der Waals surface area contributed by atoms with Crippen molar-refractivity contribution in [1.29, 1.82) is 0 Å². The molecule has 17 heavy (non-hydrogen) atoms. The molecule has 1 N–H and O–H groups in total. The molecule has 1 unspecified atom stereocenters. The SMILES string of the molecule is O=C(O)Cc1cnc(CC2CCS(=O)(=O)C2)s1. The van der Waals surface area contributed by atoms with Gasteiger partial charge in [0, 0.05) is 17.5 Å². The molecule has 1 saturated heterocycles. The van der Waals surface area contributed by atoms with Crippen molar-refractivity contribution < 1.29 is 18.3 Å². The first-order valence-electron chi connectivity index (χ1n) is 5.30. The van der Waals surface area contributed by atoms with Gasteiger partial charge in [0.2, 0.25) is 0 Å². The van der Waals surface area contributed by atoms with Gasteiger partial charge < -0.3 is 5.11 Å². The predicted molar refractivity (Wildman–Crippen MR) is 63.9 cm³/mol. The number of rotatable bonds is 4. The largest absolute Gasteiger partial charge is 0.481 e. The third-order valence-corrected chi connectivity index (χ3v) is 5.57. The molecule has 1 aliphatic rings. The van der Waals surface area contributed by atoms with Crippen LogP contribution in [-0.4, -0.2) is 36.0 Å². The number of aromatic nitrogens is 1. The number of carboxylic acids is 1. The van der Waals surface area contributed by atoms with Crippen LogP contribution in [0.4, 0.5) is 0 Å². The Morgan fingerprint density at radius 1 is 1.59 bits per heavy atom. The van der Waals surface area contributed by atoms with Crippen molar-refractivity contribution in [3.05, 3.63) is 16.1 Å². The molecule has 1 fully saturated rings. The third kappa shape index (κ3) is 3.50. The Bertz CT molecular complexity index is 520. The number of sulfone groups is 1. The van der Waals surface area contributed by atoms with Crippen LogP contribution in [0.5, 0.6) is 0 Å². The molecule has 1 atom stereocenters. The highest BCUT2D eigenvalue weighted by Gasteiger charge is 2.28. The fourth-order valence-corrected chi connectivity index (χ4v) is 4.84. The lowest BCUT2D eigenvalue weighted by Crippen LogP contribution is -2.07. The second-order valence-corrected chi connectivity index (χ2v) is 7.69. The molecule has 0 aromatic carbocycles. The first-order valence-corrected chi connectivity index (χ1v) is 7.94. The molecule has 0 spiro atoms. The van der Waals surface area contributed by atoms with Crippen LogP contribution in [-0.2, 0) is 27.5 Å². The topological polar surface area (TPSA) is 84.3 Å². The molecule has 1 aromatic heterocycles.